The number of hydrogen-bond acceptors (Lipinski definition) is 2. The second-order valence-electron chi connectivity index (χ2n) is 11.2. The van der Waals surface area contributed by atoms with Crippen LogP contribution < -0.4 is 0 Å². The zero-order valence-electron chi connectivity index (χ0n) is 20.0. The Morgan fingerprint density at radius 1 is 1.10 bits per heavy atom. The minimum atomic E-state index is -0.663. The van der Waals surface area contributed by atoms with E-state index in [0.717, 1.165) is 19.3 Å². The Balaban J connectivity index is 1.75. The highest BCUT2D eigenvalue weighted by Crippen LogP contribution is 2.59. The lowest BCUT2D eigenvalue weighted by Gasteiger charge is -2.44. The zero-order chi connectivity index (χ0) is 22.1. The summed E-state index contributed by atoms with van der Waals surface area (Å²) in [5.74, 6) is 2.08. The Morgan fingerprint density at radius 3 is 2.53 bits per heavy atom. The number of fused-ring (bicyclic) bond motifs is 1. The van der Waals surface area contributed by atoms with Gasteiger partial charge in [-0.3, -0.25) is 0 Å². The molecule has 2 nitrogen and oxygen atoms in total. The van der Waals surface area contributed by atoms with Gasteiger partial charge in [-0.2, -0.15) is 0 Å². The Morgan fingerprint density at radius 2 is 1.83 bits per heavy atom. The van der Waals surface area contributed by atoms with Gasteiger partial charge in [0.1, 0.15) is 0 Å². The highest BCUT2D eigenvalue weighted by molar-refractivity contribution is 5.36. The maximum atomic E-state index is 10.3. The lowest BCUT2D eigenvalue weighted by molar-refractivity contribution is 0.0436. The van der Waals surface area contributed by atoms with Gasteiger partial charge in [-0.1, -0.05) is 62.8 Å². The van der Waals surface area contributed by atoms with Crippen molar-refractivity contribution in [3.8, 4) is 0 Å². The zero-order valence-corrected chi connectivity index (χ0v) is 20.0. The fourth-order valence-electron chi connectivity index (χ4n) is 6.25. The van der Waals surface area contributed by atoms with Crippen LogP contribution in [0, 0.1) is 29.1 Å². The summed E-state index contributed by atoms with van der Waals surface area (Å²) in [6.07, 6.45) is 18.0. The molecule has 6 atom stereocenters. The SMILES string of the molecule is C=C1CC[C@@H](O)C/C1=C/C=C1\CCC[C@@]2(C)C1CC[C@@H]2[C@@H](C)/C=C/[C@@H](C)C(C)(C)O. The molecule has 0 saturated heterocycles. The highest BCUT2D eigenvalue weighted by atomic mass is 16.3. The second-order valence-corrected chi connectivity index (χ2v) is 11.2. The van der Waals surface area contributed by atoms with E-state index in [0.29, 0.717) is 23.2 Å². The third kappa shape index (κ3) is 5.02. The molecule has 0 amide bonds. The normalized spacial score (nSPS) is 37.7. The number of rotatable bonds is 5. The molecule has 3 fully saturated rings. The fraction of sp³-hybridized carbons (Fsp3) is 0.714. The minimum Gasteiger partial charge on any atom is -0.393 e. The van der Waals surface area contributed by atoms with E-state index in [-0.39, 0.29) is 12.0 Å². The molecule has 0 aromatic heterocycles. The van der Waals surface area contributed by atoms with Gasteiger partial charge in [-0.15, -0.1) is 0 Å². The summed E-state index contributed by atoms with van der Waals surface area (Å²) < 4.78 is 0. The molecule has 30 heavy (non-hydrogen) atoms. The van der Waals surface area contributed by atoms with Crippen molar-refractivity contribution in [2.24, 2.45) is 29.1 Å². The second kappa shape index (κ2) is 9.17. The van der Waals surface area contributed by atoms with Gasteiger partial charge in [0.2, 0.25) is 0 Å². The molecule has 0 radical (unpaired) electrons. The Labute approximate surface area is 184 Å². The minimum absolute atomic E-state index is 0.164. The average Bonchev–Trinajstić information content (AvgIpc) is 3.03. The van der Waals surface area contributed by atoms with E-state index in [1.807, 2.05) is 13.8 Å². The third-order valence-electron chi connectivity index (χ3n) is 8.68. The fourth-order valence-corrected chi connectivity index (χ4v) is 6.25. The first-order valence-electron chi connectivity index (χ1n) is 12.2. The van der Waals surface area contributed by atoms with Crippen LogP contribution in [-0.4, -0.2) is 21.9 Å². The van der Waals surface area contributed by atoms with Crippen molar-refractivity contribution in [3.63, 3.8) is 0 Å². The van der Waals surface area contributed by atoms with Crippen LogP contribution in [0.5, 0.6) is 0 Å². The molecule has 168 valence electrons. The molecule has 0 aromatic rings. The Kier molecular flexibility index (Phi) is 7.19. The Bertz CT molecular complexity index is 719. The van der Waals surface area contributed by atoms with Crippen LogP contribution >= 0.6 is 0 Å². The topological polar surface area (TPSA) is 40.5 Å². The van der Waals surface area contributed by atoms with Gasteiger partial charge in [0.25, 0.3) is 0 Å². The molecule has 0 aliphatic heterocycles. The molecular weight excluding hydrogens is 368 g/mol. The van der Waals surface area contributed by atoms with E-state index < -0.39 is 5.60 Å². The van der Waals surface area contributed by atoms with E-state index in [1.165, 1.54) is 43.3 Å². The predicted octanol–water partition coefficient (Wildman–Crippen LogP) is 6.76. The van der Waals surface area contributed by atoms with Gasteiger partial charge in [-0.25, -0.2) is 0 Å². The smallest absolute Gasteiger partial charge is 0.0651 e. The first kappa shape index (κ1) is 23.5. The molecule has 1 unspecified atom stereocenters. The maximum Gasteiger partial charge on any atom is 0.0651 e. The quantitative estimate of drug-likeness (QED) is 0.490. The standard InChI is InChI=1S/C28H44O2/c1-19-10-14-24(29)18-23(19)13-12-22-8-7-17-28(6)25(15-16-26(22)28)20(2)9-11-21(3)27(4,5)30/h9,11-13,20-21,24-26,29-30H,1,7-8,10,14-18H2,2-6H3/b11-9+,22-12+,23-13-/t20-,21+,24+,25+,26?,28+/m0/s1. The monoisotopic (exact) mass is 412 g/mol. The molecule has 3 rings (SSSR count). The highest BCUT2D eigenvalue weighted by Gasteiger charge is 2.50. The molecule has 2 N–H and O–H groups in total. The molecule has 0 spiro atoms. The maximum absolute atomic E-state index is 10.3. The predicted molar refractivity (Wildman–Crippen MR) is 127 cm³/mol. The van der Waals surface area contributed by atoms with Gasteiger partial charge in [0, 0.05) is 5.92 Å². The summed E-state index contributed by atoms with van der Waals surface area (Å²) >= 11 is 0. The van der Waals surface area contributed by atoms with Crippen LogP contribution in [0.4, 0.5) is 0 Å². The van der Waals surface area contributed by atoms with Crippen molar-refractivity contribution in [1.29, 1.82) is 0 Å². The van der Waals surface area contributed by atoms with Crippen LogP contribution in [0.25, 0.3) is 0 Å². The van der Waals surface area contributed by atoms with Crippen LogP contribution in [0.2, 0.25) is 0 Å². The molecule has 3 aliphatic carbocycles. The van der Waals surface area contributed by atoms with E-state index >= 15 is 0 Å². The number of allylic oxidation sites excluding steroid dienone is 5. The number of hydrogen-bond donors (Lipinski definition) is 2. The molecule has 2 heteroatoms. The summed E-state index contributed by atoms with van der Waals surface area (Å²) in [5.41, 5.74) is 3.78. The van der Waals surface area contributed by atoms with Crippen molar-refractivity contribution in [2.75, 3.05) is 0 Å². The Hall–Kier alpha value is -1.12. The van der Waals surface area contributed by atoms with Crippen molar-refractivity contribution in [2.45, 2.75) is 97.7 Å². The third-order valence-corrected chi connectivity index (χ3v) is 8.68. The van der Waals surface area contributed by atoms with E-state index in [2.05, 4.69) is 51.7 Å². The molecular formula is C28H44O2. The molecule has 0 aromatic carbocycles. The van der Waals surface area contributed by atoms with Crippen LogP contribution in [0.1, 0.15) is 86.0 Å². The first-order chi connectivity index (χ1) is 14.0. The van der Waals surface area contributed by atoms with Gasteiger partial charge in [0.15, 0.2) is 0 Å². The van der Waals surface area contributed by atoms with Gasteiger partial charge < -0.3 is 10.2 Å². The summed E-state index contributed by atoms with van der Waals surface area (Å²) in [5, 5.41) is 20.3. The van der Waals surface area contributed by atoms with Crippen LogP contribution in [-0.2, 0) is 0 Å². The summed E-state index contributed by atoms with van der Waals surface area (Å²) in [7, 11) is 0. The average molecular weight is 413 g/mol. The summed E-state index contributed by atoms with van der Waals surface area (Å²) in [6, 6.07) is 0. The van der Waals surface area contributed by atoms with Crippen molar-refractivity contribution in [1.82, 2.24) is 0 Å². The van der Waals surface area contributed by atoms with Crippen molar-refractivity contribution in [3.05, 3.63) is 47.6 Å². The van der Waals surface area contributed by atoms with Crippen molar-refractivity contribution < 1.29 is 10.2 Å². The van der Waals surface area contributed by atoms with Gasteiger partial charge >= 0.3 is 0 Å². The lowest BCUT2D eigenvalue weighted by atomic mass is 9.61. The van der Waals surface area contributed by atoms with E-state index in [4.69, 9.17) is 0 Å². The summed E-state index contributed by atoms with van der Waals surface area (Å²) in [6.45, 7) is 15.0. The number of aliphatic hydroxyl groups excluding tert-OH is 1. The van der Waals surface area contributed by atoms with Gasteiger partial charge in [-0.05, 0) is 94.0 Å². The lowest BCUT2D eigenvalue weighted by Crippen LogP contribution is -2.35. The molecule has 3 aliphatic rings. The van der Waals surface area contributed by atoms with Crippen LogP contribution in [0.15, 0.2) is 47.6 Å². The summed E-state index contributed by atoms with van der Waals surface area (Å²) in [4.78, 5) is 0. The molecule has 3 saturated carbocycles. The molecule has 0 bridgehead atoms. The number of aliphatic hydroxyl groups is 2. The largest absolute Gasteiger partial charge is 0.393 e. The van der Waals surface area contributed by atoms with E-state index in [9.17, 15) is 10.2 Å². The first-order valence-corrected chi connectivity index (χ1v) is 12.2. The molecule has 0 heterocycles. The van der Waals surface area contributed by atoms with Crippen LogP contribution in [0.3, 0.4) is 0 Å². The van der Waals surface area contributed by atoms with Gasteiger partial charge in [0.05, 0.1) is 11.7 Å². The van der Waals surface area contributed by atoms with E-state index in [1.54, 1.807) is 5.57 Å². The van der Waals surface area contributed by atoms with Crippen molar-refractivity contribution >= 4 is 0 Å².